The van der Waals surface area contributed by atoms with Crippen LogP contribution in [-0.2, 0) is 71.3 Å². The predicted molar refractivity (Wildman–Crippen MR) is 309 cm³/mol. The molecule has 0 aromatic carbocycles. The molecule has 0 aromatic heterocycles. The average Bonchev–Trinajstić information content (AvgIpc) is 3.40. The Morgan fingerprint density at radius 3 is 0.807 bits per heavy atom. The second-order valence-corrected chi connectivity index (χ2v) is 21.3. The smallest absolute Gasteiger partial charge is 0.407 e. The molecular weight excluding hydrogens is 1090 g/mol. The van der Waals surface area contributed by atoms with Gasteiger partial charge in [-0.3, -0.25) is 29.0 Å². The van der Waals surface area contributed by atoms with Crippen molar-refractivity contribution in [3.8, 4) is 0 Å². The summed E-state index contributed by atoms with van der Waals surface area (Å²) in [6.07, 6.45) is -1.57. The van der Waals surface area contributed by atoms with E-state index < -0.39 is 35.1 Å². The first-order valence-electron chi connectivity index (χ1n) is 28.6. The van der Waals surface area contributed by atoms with Crippen molar-refractivity contribution in [3.63, 3.8) is 0 Å². The highest BCUT2D eigenvalue weighted by Gasteiger charge is 2.19. The van der Waals surface area contributed by atoms with Gasteiger partial charge in [-0.1, -0.05) is 0 Å². The topological polar surface area (TPSA) is 362 Å². The summed E-state index contributed by atoms with van der Waals surface area (Å²) in [6.45, 7) is 25.5. The van der Waals surface area contributed by atoms with Crippen molar-refractivity contribution in [2.45, 2.75) is 79.1 Å². The zero-order chi connectivity index (χ0) is 61.9. The van der Waals surface area contributed by atoms with Gasteiger partial charge in [-0.05, 0) is 62.3 Å². The number of hydrogen-bond donors (Lipinski definition) is 10. The zero-order valence-electron chi connectivity index (χ0n) is 51.4. The Morgan fingerprint density at radius 2 is 0.554 bits per heavy atom. The molecule has 30 heteroatoms. The minimum absolute atomic E-state index is 0.00709. The molecule has 0 aromatic rings. The first kappa shape index (κ1) is 78.2. The Balaban J connectivity index is 5.33. The van der Waals surface area contributed by atoms with Crippen molar-refractivity contribution in [1.29, 1.82) is 0 Å². The van der Waals surface area contributed by atoms with Gasteiger partial charge in [0, 0.05) is 91.6 Å². The van der Waals surface area contributed by atoms with Gasteiger partial charge in [0.25, 0.3) is 0 Å². The molecule has 0 saturated heterocycles. The first-order valence-corrected chi connectivity index (χ1v) is 28.6. The van der Waals surface area contributed by atoms with Crippen molar-refractivity contribution >= 4 is 41.9 Å². The molecule has 486 valence electrons. The summed E-state index contributed by atoms with van der Waals surface area (Å²) in [4.78, 5) is 90.8. The van der Waals surface area contributed by atoms with E-state index >= 15 is 0 Å². The highest BCUT2D eigenvalue weighted by molar-refractivity contribution is 5.79. The summed E-state index contributed by atoms with van der Waals surface area (Å²) in [6, 6.07) is 0. The third-order valence-corrected chi connectivity index (χ3v) is 10.0. The lowest BCUT2D eigenvalue weighted by atomic mass is 10.2. The molecule has 0 aliphatic heterocycles. The molecule has 0 rings (SSSR count). The molecule has 30 nitrogen and oxygen atoms in total. The second kappa shape index (κ2) is 50.5. The molecule has 0 fully saturated rings. The molecule has 0 unspecified atom stereocenters. The minimum atomic E-state index is -0.600. The van der Waals surface area contributed by atoms with E-state index in [1.807, 2.05) is 9.80 Å². The van der Waals surface area contributed by atoms with E-state index in [2.05, 4.69) is 47.9 Å². The number of rotatable bonds is 52. The summed E-state index contributed by atoms with van der Waals surface area (Å²) < 4.78 is 59.5. The van der Waals surface area contributed by atoms with Crippen molar-refractivity contribution in [2.75, 3.05) is 224 Å². The zero-order valence-corrected chi connectivity index (χ0v) is 51.4. The number of carbonyl (C=O) groups excluding carboxylic acids is 7. The number of nitrogens with zero attached hydrogens (tertiary/aromatic N) is 2. The van der Waals surface area contributed by atoms with Crippen LogP contribution >= 0.6 is 0 Å². The molecule has 0 heterocycles. The monoisotopic (exact) mass is 1200 g/mol. The van der Waals surface area contributed by atoms with E-state index in [1.165, 1.54) is 0 Å². The number of nitrogens with two attached hydrogens (primary N) is 1. The standard InChI is InChI=1S/C53H106N12O18/c1-51(2,3)81-48(70)61-17-29-78-37-34-75-26-14-58-45(67)41-56-12-21-65(43-47(69)60-16-28-77-36-39-80-31-19-63-50(72)83-53(7,8)9)23-22-64(20-11-55-40-44(66)57-13-25-74-33-32-73-24-10-54)42-46(68)59-15-27-76-35-38-79-30-18-62-49(71)82-52(4,5)6/h55-56H,10-43,54H2,1-9H3,(H,57,66)(H,58,67)(H,59,68)(H,60,69)(H,61,70)(H,62,71)(H,63,72). The maximum Gasteiger partial charge on any atom is 0.407 e. The first-order chi connectivity index (χ1) is 39.5. The SMILES string of the molecule is CC(C)(C)OC(=O)NCCOCCOCCNC(=O)CNCCN(CCN(CCNCC(=O)NCCOCCOCCN)CC(=O)NCCOCCOCCNC(=O)OC(C)(C)C)CC(=O)NCCOCCOCCNC(=O)OC(C)(C)C. The summed E-state index contributed by atoms with van der Waals surface area (Å²) in [5.74, 6) is -0.985. The molecule has 0 atom stereocenters. The summed E-state index contributed by atoms with van der Waals surface area (Å²) in [7, 11) is 0. The summed E-state index contributed by atoms with van der Waals surface area (Å²) in [5, 5.41) is 25.5. The molecular formula is C53H106N12O18. The van der Waals surface area contributed by atoms with Gasteiger partial charge in [0.15, 0.2) is 0 Å². The van der Waals surface area contributed by atoms with E-state index in [0.29, 0.717) is 98.5 Å². The molecule has 7 amide bonds. The van der Waals surface area contributed by atoms with Crippen LogP contribution in [0.15, 0.2) is 0 Å². The number of hydrogen-bond acceptors (Lipinski definition) is 23. The van der Waals surface area contributed by atoms with Gasteiger partial charge in [0.1, 0.15) is 16.8 Å². The lowest BCUT2D eigenvalue weighted by Crippen LogP contribution is -2.48. The van der Waals surface area contributed by atoms with Gasteiger partial charge < -0.3 is 106 Å². The average molecular weight is 1200 g/mol. The Labute approximate surface area is 492 Å². The number of nitrogens with one attached hydrogen (secondary N) is 9. The van der Waals surface area contributed by atoms with Crippen LogP contribution in [0.4, 0.5) is 14.4 Å². The molecule has 0 saturated carbocycles. The highest BCUT2D eigenvalue weighted by atomic mass is 16.6. The number of alkyl carbamates (subject to hydrolysis) is 3. The minimum Gasteiger partial charge on any atom is -0.444 e. The van der Waals surface area contributed by atoms with Gasteiger partial charge >= 0.3 is 18.3 Å². The molecule has 0 aliphatic rings. The fourth-order valence-corrected chi connectivity index (χ4v) is 6.38. The molecule has 83 heavy (non-hydrogen) atoms. The van der Waals surface area contributed by atoms with Crippen LogP contribution in [0.1, 0.15) is 62.3 Å². The highest BCUT2D eigenvalue weighted by Crippen LogP contribution is 2.08. The van der Waals surface area contributed by atoms with E-state index in [-0.39, 0.29) is 149 Å². The number of carbonyl (C=O) groups is 7. The van der Waals surface area contributed by atoms with Crippen LogP contribution < -0.4 is 53.6 Å². The van der Waals surface area contributed by atoms with E-state index in [4.69, 9.17) is 57.8 Å². The quantitative estimate of drug-likeness (QED) is 0.0230. The van der Waals surface area contributed by atoms with Crippen LogP contribution in [0.3, 0.4) is 0 Å². The number of ether oxygens (including phenoxy) is 11. The van der Waals surface area contributed by atoms with Crippen molar-refractivity contribution in [2.24, 2.45) is 5.73 Å². The molecule has 0 bridgehead atoms. The maximum atomic E-state index is 13.3. The molecule has 0 spiro atoms. The third-order valence-electron chi connectivity index (χ3n) is 10.0. The van der Waals surface area contributed by atoms with Gasteiger partial charge in [-0.15, -0.1) is 0 Å². The molecule has 0 radical (unpaired) electrons. The van der Waals surface area contributed by atoms with Crippen molar-refractivity contribution < 1.29 is 85.7 Å². The van der Waals surface area contributed by atoms with E-state index in [1.54, 1.807) is 62.3 Å². The third kappa shape index (κ3) is 58.7. The van der Waals surface area contributed by atoms with Gasteiger partial charge in [-0.25, -0.2) is 14.4 Å². The largest absolute Gasteiger partial charge is 0.444 e. The van der Waals surface area contributed by atoms with Gasteiger partial charge in [-0.2, -0.15) is 0 Å². The van der Waals surface area contributed by atoms with Crippen LogP contribution in [0.25, 0.3) is 0 Å². The molecule has 11 N–H and O–H groups in total. The van der Waals surface area contributed by atoms with Crippen LogP contribution in [0, 0.1) is 0 Å². The normalized spacial score (nSPS) is 11.8. The van der Waals surface area contributed by atoms with Gasteiger partial charge in [0.2, 0.25) is 23.6 Å². The molecule has 0 aliphatic carbocycles. The Morgan fingerprint density at radius 1 is 0.313 bits per heavy atom. The second-order valence-electron chi connectivity index (χ2n) is 21.3. The lowest BCUT2D eigenvalue weighted by molar-refractivity contribution is -0.124. The number of amides is 7. The van der Waals surface area contributed by atoms with E-state index in [0.717, 1.165) is 0 Å². The van der Waals surface area contributed by atoms with Crippen LogP contribution in [-0.4, -0.2) is 292 Å². The Hall–Kier alpha value is -4.83. The lowest BCUT2D eigenvalue weighted by Gasteiger charge is -2.27. The predicted octanol–water partition coefficient (Wildman–Crippen LogP) is -2.10. The van der Waals surface area contributed by atoms with Crippen molar-refractivity contribution in [3.05, 3.63) is 0 Å². The fraction of sp³-hybridized carbons (Fsp3) is 0.868. The Bertz CT molecular complexity index is 1710. The Kier molecular flexibility index (Phi) is 47.6. The summed E-state index contributed by atoms with van der Waals surface area (Å²) >= 11 is 0. The summed E-state index contributed by atoms with van der Waals surface area (Å²) in [5.41, 5.74) is 3.63. The van der Waals surface area contributed by atoms with Crippen LogP contribution in [0.2, 0.25) is 0 Å². The maximum absolute atomic E-state index is 13.3. The van der Waals surface area contributed by atoms with Gasteiger partial charge in [0.05, 0.1) is 132 Å². The van der Waals surface area contributed by atoms with Crippen molar-refractivity contribution in [1.82, 2.24) is 57.7 Å². The van der Waals surface area contributed by atoms with E-state index in [9.17, 15) is 33.6 Å². The fourth-order valence-electron chi connectivity index (χ4n) is 6.38. The van der Waals surface area contributed by atoms with Crippen LogP contribution in [0.5, 0.6) is 0 Å².